The Balaban J connectivity index is 4.46. The Bertz CT molecular complexity index is 260. The summed E-state index contributed by atoms with van der Waals surface area (Å²) >= 11 is 0. The second-order valence-corrected chi connectivity index (χ2v) is 3.47. The van der Waals surface area contributed by atoms with Crippen molar-refractivity contribution >= 4 is 6.72 Å². The summed E-state index contributed by atoms with van der Waals surface area (Å²) in [4.78, 5) is 3.83. The summed E-state index contributed by atoms with van der Waals surface area (Å²) in [6.45, 7) is 7.06. The number of rotatable bonds is 5. The van der Waals surface area contributed by atoms with Gasteiger partial charge in [0.2, 0.25) is 0 Å². The number of hydrogen-bond donors (Lipinski definition) is 2. The lowest BCUT2D eigenvalue weighted by Crippen LogP contribution is -2.51. The van der Waals surface area contributed by atoms with E-state index < -0.39 is 11.6 Å². The molecule has 0 aromatic carbocycles. The van der Waals surface area contributed by atoms with E-state index in [1.165, 1.54) is 0 Å². The Kier molecular flexibility index (Phi) is 5.06. The van der Waals surface area contributed by atoms with Crippen molar-refractivity contribution in [2.24, 2.45) is 16.5 Å². The van der Waals surface area contributed by atoms with Crippen molar-refractivity contribution in [3.63, 3.8) is 0 Å². The van der Waals surface area contributed by atoms with Gasteiger partial charge in [-0.3, -0.25) is 4.99 Å². The minimum atomic E-state index is -1.02. The van der Waals surface area contributed by atoms with Crippen molar-refractivity contribution in [3.8, 4) is 6.07 Å². The number of aliphatic imine (C=N–C) groups is 1. The van der Waals surface area contributed by atoms with Gasteiger partial charge in [-0.25, -0.2) is 0 Å². The van der Waals surface area contributed by atoms with E-state index in [1.54, 1.807) is 6.92 Å². The zero-order chi connectivity index (χ0) is 11.2. The predicted octanol–water partition coefficient (Wildman–Crippen LogP) is 0.939. The molecule has 0 aliphatic rings. The molecule has 0 aliphatic carbocycles. The van der Waals surface area contributed by atoms with Crippen LogP contribution < -0.4 is 11.5 Å². The van der Waals surface area contributed by atoms with E-state index in [-0.39, 0.29) is 0 Å². The molecule has 14 heavy (non-hydrogen) atoms. The molecule has 0 aromatic rings. The summed E-state index contributed by atoms with van der Waals surface area (Å²) in [7, 11) is 0. The van der Waals surface area contributed by atoms with Gasteiger partial charge in [0, 0.05) is 18.2 Å². The molecule has 0 fully saturated rings. The monoisotopic (exact) mass is 194 g/mol. The summed E-state index contributed by atoms with van der Waals surface area (Å²) < 4.78 is 0. The molecular weight excluding hydrogens is 176 g/mol. The summed E-state index contributed by atoms with van der Waals surface area (Å²) in [6.07, 6.45) is 3.28. The Morgan fingerprint density at radius 3 is 2.71 bits per heavy atom. The molecule has 0 saturated carbocycles. The van der Waals surface area contributed by atoms with E-state index in [0.29, 0.717) is 6.42 Å². The van der Waals surface area contributed by atoms with Crippen molar-refractivity contribution in [3.05, 3.63) is 11.8 Å². The highest BCUT2D eigenvalue weighted by molar-refractivity contribution is 5.29. The molecule has 0 heterocycles. The highest BCUT2D eigenvalue weighted by atomic mass is 14.9. The van der Waals surface area contributed by atoms with Gasteiger partial charge in [-0.05, 0) is 20.1 Å². The van der Waals surface area contributed by atoms with Gasteiger partial charge < -0.3 is 11.5 Å². The quantitative estimate of drug-likeness (QED) is 0.638. The molecule has 0 radical (unpaired) electrons. The molecule has 0 aliphatic heterocycles. The van der Waals surface area contributed by atoms with Crippen molar-refractivity contribution in [1.29, 1.82) is 5.26 Å². The van der Waals surface area contributed by atoms with E-state index in [4.69, 9.17) is 16.7 Å². The first-order valence-electron chi connectivity index (χ1n) is 4.59. The standard InChI is InChI=1S/C10H18N4/c1-4-5-8(14-3)6-9(12)10(2,13)7-11/h5,9H,3-4,6,12-13H2,1-2H3/b8-5+/t9-,10?/m1/s1. The predicted molar refractivity (Wildman–Crippen MR) is 58.7 cm³/mol. The molecule has 0 rings (SSSR count). The third-order valence-corrected chi connectivity index (χ3v) is 2.08. The van der Waals surface area contributed by atoms with Crippen LogP contribution in [0.3, 0.4) is 0 Å². The molecule has 4 N–H and O–H groups in total. The Morgan fingerprint density at radius 2 is 2.36 bits per heavy atom. The minimum Gasteiger partial charge on any atom is -0.325 e. The second-order valence-electron chi connectivity index (χ2n) is 3.47. The normalized spacial score (nSPS) is 18.1. The molecule has 1 unspecified atom stereocenters. The van der Waals surface area contributed by atoms with Gasteiger partial charge in [-0.15, -0.1) is 0 Å². The first-order valence-corrected chi connectivity index (χ1v) is 4.59. The van der Waals surface area contributed by atoms with Gasteiger partial charge in [-0.2, -0.15) is 5.26 Å². The third kappa shape index (κ3) is 3.69. The van der Waals surface area contributed by atoms with Gasteiger partial charge in [0.1, 0.15) is 5.54 Å². The maximum Gasteiger partial charge on any atom is 0.117 e. The second kappa shape index (κ2) is 5.53. The zero-order valence-corrected chi connectivity index (χ0v) is 8.83. The topological polar surface area (TPSA) is 88.2 Å². The zero-order valence-electron chi connectivity index (χ0n) is 8.83. The van der Waals surface area contributed by atoms with Crippen LogP contribution in [0, 0.1) is 11.3 Å². The van der Waals surface area contributed by atoms with Gasteiger partial charge in [0.25, 0.3) is 0 Å². The molecule has 0 bridgehead atoms. The molecule has 2 atom stereocenters. The average Bonchev–Trinajstić information content (AvgIpc) is 2.16. The van der Waals surface area contributed by atoms with Crippen LogP contribution in [-0.4, -0.2) is 18.3 Å². The first-order chi connectivity index (χ1) is 6.47. The molecule has 0 spiro atoms. The van der Waals surface area contributed by atoms with Crippen LogP contribution >= 0.6 is 0 Å². The molecule has 4 nitrogen and oxygen atoms in total. The fourth-order valence-corrected chi connectivity index (χ4v) is 0.968. The van der Waals surface area contributed by atoms with Gasteiger partial charge in [0.05, 0.1) is 6.07 Å². The van der Waals surface area contributed by atoms with Crippen LogP contribution in [0.5, 0.6) is 0 Å². The number of allylic oxidation sites excluding steroid dienone is 1. The summed E-state index contributed by atoms with van der Waals surface area (Å²) in [5.41, 5.74) is 11.3. The van der Waals surface area contributed by atoms with Gasteiger partial charge in [-0.1, -0.05) is 13.0 Å². The van der Waals surface area contributed by atoms with Crippen LogP contribution in [0.15, 0.2) is 16.8 Å². The Hall–Kier alpha value is -1.18. The van der Waals surface area contributed by atoms with Crippen LogP contribution in [0.2, 0.25) is 0 Å². The Labute approximate surface area is 85.3 Å². The maximum absolute atomic E-state index is 8.76. The molecule has 0 saturated heterocycles. The van der Waals surface area contributed by atoms with Crippen molar-refractivity contribution in [2.45, 2.75) is 38.3 Å². The Morgan fingerprint density at radius 1 is 1.79 bits per heavy atom. The fraction of sp³-hybridized carbons (Fsp3) is 0.600. The van der Waals surface area contributed by atoms with E-state index in [0.717, 1.165) is 12.1 Å². The maximum atomic E-state index is 8.76. The van der Waals surface area contributed by atoms with Crippen LogP contribution in [0.1, 0.15) is 26.7 Å². The van der Waals surface area contributed by atoms with Gasteiger partial charge >= 0.3 is 0 Å². The highest BCUT2D eigenvalue weighted by Gasteiger charge is 2.27. The van der Waals surface area contributed by atoms with Crippen molar-refractivity contribution in [2.75, 3.05) is 0 Å². The van der Waals surface area contributed by atoms with E-state index >= 15 is 0 Å². The van der Waals surface area contributed by atoms with Crippen LogP contribution in [0.25, 0.3) is 0 Å². The average molecular weight is 194 g/mol. The molecule has 78 valence electrons. The third-order valence-electron chi connectivity index (χ3n) is 2.08. The minimum absolute atomic E-state index is 0.421. The molecule has 0 amide bonds. The summed E-state index contributed by atoms with van der Waals surface area (Å²) in [5, 5.41) is 8.76. The fourth-order valence-electron chi connectivity index (χ4n) is 0.968. The van der Waals surface area contributed by atoms with E-state index in [9.17, 15) is 0 Å². The number of nitriles is 1. The highest BCUT2D eigenvalue weighted by Crippen LogP contribution is 2.13. The lowest BCUT2D eigenvalue weighted by molar-refractivity contribution is 0.460. The van der Waals surface area contributed by atoms with Crippen LogP contribution in [-0.2, 0) is 0 Å². The van der Waals surface area contributed by atoms with E-state index in [1.807, 2.05) is 19.1 Å². The number of nitrogens with two attached hydrogens (primary N) is 2. The number of hydrogen-bond acceptors (Lipinski definition) is 4. The van der Waals surface area contributed by atoms with E-state index in [2.05, 4.69) is 11.7 Å². The largest absolute Gasteiger partial charge is 0.325 e. The molecule has 4 heteroatoms. The van der Waals surface area contributed by atoms with Gasteiger partial charge in [0.15, 0.2) is 0 Å². The summed E-state index contributed by atoms with van der Waals surface area (Å²) in [5.74, 6) is 0. The smallest absolute Gasteiger partial charge is 0.117 e. The first kappa shape index (κ1) is 12.8. The summed E-state index contributed by atoms with van der Waals surface area (Å²) in [6, 6.07) is 1.56. The van der Waals surface area contributed by atoms with Crippen molar-refractivity contribution < 1.29 is 0 Å². The molecule has 0 aromatic heterocycles. The lowest BCUT2D eigenvalue weighted by atomic mass is 9.92. The molecular formula is C10H18N4. The van der Waals surface area contributed by atoms with Crippen molar-refractivity contribution in [1.82, 2.24) is 0 Å². The SMILES string of the molecule is C=N/C(=C/CC)C[C@@H](N)C(C)(N)C#N. The number of nitrogens with zero attached hydrogens (tertiary/aromatic N) is 2. The lowest BCUT2D eigenvalue weighted by Gasteiger charge is -2.23. The van der Waals surface area contributed by atoms with Crippen LogP contribution in [0.4, 0.5) is 0 Å².